The van der Waals surface area contributed by atoms with Crippen LogP contribution in [0.3, 0.4) is 0 Å². The van der Waals surface area contributed by atoms with Crippen LogP contribution in [0.5, 0.6) is 0 Å². The smallest absolute Gasteiger partial charge is 0.219 e. The Hall–Kier alpha value is -4.72. The number of nitrogens with zero attached hydrogens (tertiary/aromatic N) is 3. The summed E-state index contributed by atoms with van der Waals surface area (Å²) in [6, 6.07) is 31.8. The molecular formula is C66H111N6O7P. The number of nitrogens with one attached hydrogen (secondary N) is 3. The summed E-state index contributed by atoms with van der Waals surface area (Å²) in [7, 11) is 1.42. The van der Waals surface area contributed by atoms with Gasteiger partial charge in [-0.25, -0.2) is 0 Å². The van der Waals surface area contributed by atoms with Crippen LogP contribution >= 0.6 is 7.82 Å². The Labute approximate surface area is 487 Å². The molecule has 0 saturated carbocycles. The van der Waals surface area contributed by atoms with Crippen LogP contribution in [0.15, 0.2) is 129 Å². The Kier molecular flexibility index (Phi) is 45.0. The number of likely N-dealkylation sites (N-methyl/N-ethyl adjacent to an activating group) is 3. The van der Waals surface area contributed by atoms with E-state index in [0.717, 1.165) is 131 Å². The van der Waals surface area contributed by atoms with Gasteiger partial charge in [0.15, 0.2) is 0 Å². The first-order valence-electron chi connectivity index (χ1n) is 30.3. The molecule has 0 aromatic heterocycles. The lowest BCUT2D eigenvalue weighted by Gasteiger charge is -2.36. The van der Waals surface area contributed by atoms with Crippen LogP contribution in [0.1, 0.15) is 172 Å². The van der Waals surface area contributed by atoms with Crippen molar-refractivity contribution in [1.82, 2.24) is 16.0 Å². The summed E-state index contributed by atoms with van der Waals surface area (Å²) in [6.07, 6.45) is 28.9. The lowest BCUT2D eigenvalue weighted by Crippen LogP contribution is -2.45. The fourth-order valence-electron chi connectivity index (χ4n) is 9.71. The molecule has 0 spiro atoms. The van der Waals surface area contributed by atoms with Crippen molar-refractivity contribution in [2.24, 2.45) is 0 Å². The molecule has 3 N–H and O–H groups in total. The lowest BCUT2D eigenvalue weighted by molar-refractivity contribution is -0.917. The molecule has 0 radical (unpaired) electrons. The maximum absolute atomic E-state index is 11.9. The molecule has 0 fully saturated rings. The number of amides is 3. The van der Waals surface area contributed by atoms with Crippen LogP contribution in [-0.2, 0) is 38.6 Å². The Bertz CT molecular complexity index is 1850. The SMILES string of the molecule is C=CC[N+](C)(CCCNC(=O)CCCCCCC)Cc1ccccc1.C=CC[N+](C)(CCCNC(=O)CCCCCCC)Cc1ccccc1.C=CC[N+](C)(CCCNC(=O)CCCCCCC)Cc1ccccc1.O=P([O-])([O-])[O-]. The number of benzene rings is 3. The van der Waals surface area contributed by atoms with Crippen molar-refractivity contribution in [1.29, 1.82) is 0 Å². The molecule has 14 heteroatoms. The standard InChI is InChI=1S/3C22H36N2O.H3O4P/c3*1-4-6-7-8-12-16-22(25)23-17-13-19-24(3,18-5-2)20-21-14-10-9-11-15-21;1-5(2,3)4/h3*5,9-11,14-15H,2,4,6-8,12-13,16-20H2,1,3H3;(H3,1,2,3,4). The number of carbonyl (C=O) groups excluding carboxylic acids is 3. The summed E-state index contributed by atoms with van der Waals surface area (Å²) in [5, 5.41) is 9.23. The van der Waals surface area contributed by atoms with E-state index < -0.39 is 7.82 Å². The lowest BCUT2D eigenvalue weighted by atomic mass is 10.1. The molecule has 13 nitrogen and oxygen atoms in total. The zero-order valence-electron chi connectivity index (χ0n) is 51.0. The highest BCUT2D eigenvalue weighted by molar-refractivity contribution is 7.40. The molecule has 3 unspecified atom stereocenters. The molecule has 0 aliphatic heterocycles. The van der Waals surface area contributed by atoms with Crippen molar-refractivity contribution < 1.29 is 47.1 Å². The molecular weight excluding hydrogens is 1020 g/mol. The summed E-state index contributed by atoms with van der Waals surface area (Å²) < 4.78 is 11.3. The minimum Gasteiger partial charge on any atom is -0.822 e. The average molecular weight is 1130 g/mol. The third-order valence-corrected chi connectivity index (χ3v) is 14.0. The van der Waals surface area contributed by atoms with Crippen molar-refractivity contribution in [2.45, 2.75) is 175 Å². The summed E-state index contributed by atoms with van der Waals surface area (Å²) >= 11 is 0. The van der Waals surface area contributed by atoms with Crippen LogP contribution < -0.4 is 30.6 Å². The molecule has 0 aliphatic carbocycles. The summed E-state index contributed by atoms with van der Waals surface area (Å²) in [5.41, 5.74) is 4.05. The van der Waals surface area contributed by atoms with E-state index in [0.29, 0.717) is 19.3 Å². The van der Waals surface area contributed by atoms with Gasteiger partial charge < -0.3 is 48.6 Å². The van der Waals surface area contributed by atoms with Gasteiger partial charge in [-0.1, -0.05) is 209 Å². The predicted molar refractivity (Wildman–Crippen MR) is 329 cm³/mol. The molecule has 452 valence electrons. The van der Waals surface area contributed by atoms with E-state index in [4.69, 9.17) is 19.2 Å². The number of hydrogen-bond acceptors (Lipinski definition) is 7. The van der Waals surface area contributed by atoms with Gasteiger partial charge in [-0.2, -0.15) is 7.82 Å². The number of carbonyl (C=O) groups is 3. The number of quaternary nitrogens is 3. The Morgan fingerprint density at radius 3 is 0.850 bits per heavy atom. The van der Waals surface area contributed by atoms with Gasteiger partial charge in [-0.3, -0.25) is 14.4 Å². The molecule has 0 aliphatic rings. The van der Waals surface area contributed by atoms with Crippen molar-refractivity contribution >= 4 is 25.5 Å². The molecule has 3 amide bonds. The molecule has 0 saturated heterocycles. The van der Waals surface area contributed by atoms with E-state index >= 15 is 0 Å². The summed E-state index contributed by atoms with van der Waals surface area (Å²) in [6.45, 7) is 29.6. The van der Waals surface area contributed by atoms with E-state index in [2.05, 4.69) is 169 Å². The molecule has 3 aromatic carbocycles. The monoisotopic (exact) mass is 1130 g/mol. The quantitative estimate of drug-likeness (QED) is 0.0219. The fraction of sp³-hybridized carbons (Fsp3) is 0.591. The molecule has 0 bridgehead atoms. The van der Waals surface area contributed by atoms with Gasteiger partial charge in [0.05, 0.1) is 60.4 Å². The maximum atomic E-state index is 11.9. The van der Waals surface area contributed by atoms with Gasteiger partial charge >= 0.3 is 0 Å². The number of phosphoric acid groups is 1. The highest BCUT2D eigenvalue weighted by atomic mass is 31.2. The van der Waals surface area contributed by atoms with Gasteiger partial charge in [0, 0.05) is 74.8 Å². The molecule has 3 rings (SSSR count). The summed E-state index contributed by atoms with van der Waals surface area (Å²) in [5.74, 6) is 0.618. The maximum Gasteiger partial charge on any atom is 0.219 e. The van der Waals surface area contributed by atoms with Crippen LogP contribution in [0.25, 0.3) is 0 Å². The second kappa shape index (κ2) is 47.9. The van der Waals surface area contributed by atoms with Crippen LogP contribution in [-0.4, -0.2) is 111 Å². The second-order valence-electron chi connectivity index (χ2n) is 22.4. The van der Waals surface area contributed by atoms with Crippen molar-refractivity contribution in [2.75, 3.05) is 80.0 Å². The molecule has 80 heavy (non-hydrogen) atoms. The summed E-state index contributed by atoms with van der Waals surface area (Å²) in [4.78, 5) is 61.3. The van der Waals surface area contributed by atoms with Gasteiger partial charge in [-0.15, -0.1) is 0 Å². The third-order valence-electron chi connectivity index (χ3n) is 14.0. The van der Waals surface area contributed by atoms with Crippen molar-refractivity contribution in [3.63, 3.8) is 0 Å². The first kappa shape index (κ1) is 75.3. The van der Waals surface area contributed by atoms with E-state index in [9.17, 15) is 14.4 Å². The number of rotatable bonds is 42. The second-order valence-corrected chi connectivity index (χ2v) is 23.3. The van der Waals surface area contributed by atoms with E-state index in [1.807, 2.05) is 18.2 Å². The normalized spacial score (nSPS) is 13.1. The van der Waals surface area contributed by atoms with Crippen LogP contribution in [0, 0.1) is 0 Å². The van der Waals surface area contributed by atoms with Crippen molar-refractivity contribution in [3.8, 4) is 0 Å². The fourth-order valence-corrected chi connectivity index (χ4v) is 9.71. The highest BCUT2D eigenvalue weighted by Gasteiger charge is 2.22. The van der Waals surface area contributed by atoms with E-state index in [1.54, 1.807) is 0 Å². The van der Waals surface area contributed by atoms with Crippen LogP contribution in [0.4, 0.5) is 0 Å². The van der Waals surface area contributed by atoms with Crippen LogP contribution in [0.2, 0.25) is 0 Å². The third kappa shape index (κ3) is 45.9. The van der Waals surface area contributed by atoms with Gasteiger partial charge in [0.2, 0.25) is 17.7 Å². The molecule has 3 aromatic rings. The number of unbranched alkanes of at least 4 members (excludes halogenated alkanes) is 12. The van der Waals surface area contributed by atoms with Crippen molar-refractivity contribution in [3.05, 3.63) is 146 Å². The Morgan fingerprint density at radius 2 is 0.637 bits per heavy atom. The highest BCUT2D eigenvalue weighted by Crippen LogP contribution is 2.16. The zero-order chi connectivity index (χ0) is 59.6. The Balaban J connectivity index is 0.00000112. The van der Waals surface area contributed by atoms with E-state index in [-0.39, 0.29) is 17.7 Å². The minimum absolute atomic E-state index is 0.206. The Morgan fingerprint density at radius 1 is 0.412 bits per heavy atom. The van der Waals surface area contributed by atoms with E-state index in [1.165, 1.54) is 93.7 Å². The van der Waals surface area contributed by atoms with Gasteiger partial charge in [0.25, 0.3) is 0 Å². The molecule has 3 atom stereocenters. The average Bonchev–Trinajstić information content (AvgIpc) is 3.41. The first-order valence-corrected chi connectivity index (χ1v) is 31.7. The number of hydrogen-bond donors (Lipinski definition) is 3. The predicted octanol–water partition coefficient (Wildman–Crippen LogP) is 11.2. The van der Waals surface area contributed by atoms with Gasteiger partial charge in [0.1, 0.15) is 19.6 Å². The largest absolute Gasteiger partial charge is 0.822 e. The first-order chi connectivity index (χ1) is 38.3. The zero-order valence-corrected chi connectivity index (χ0v) is 51.9. The molecule has 0 heterocycles. The topological polar surface area (TPSA) is 174 Å². The van der Waals surface area contributed by atoms with Gasteiger partial charge in [-0.05, 0) is 37.5 Å². The minimum atomic E-state index is -5.39.